The van der Waals surface area contributed by atoms with Crippen molar-refractivity contribution in [2.24, 2.45) is 0 Å². The van der Waals surface area contributed by atoms with Crippen molar-refractivity contribution in [3.8, 4) is 0 Å². The SMILES string of the molecule is Cc1cccc(CN2CCN(CC(=O)Nc3c(C)cc(C)cc3Cl)CC2)c1. The van der Waals surface area contributed by atoms with E-state index in [0.29, 0.717) is 11.6 Å². The number of anilines is 1. The van der Waals surface area contributed by atoms with Crippen molar-refractivity contribution in [3.05, 3.63) is 63.7 Å². The lowest BCUT2D eigenvalue weighted by Gasteiger charge is -2.34. The summed E-state index contributed by atoms with van der Waals surface area (Å²) in [6.45, 7) is 11.2. The fraction of sp³-hybridized carbons (Fsp3) is 0.409. The molecule has 1 fully saturated rings. The third-order valence-corrected chi connectivity index (χ3v) is 5.32. The highest BCUT2D eigenvalue weighted by molar-refractivity contribution is 6.34. The minimum Gasteiger partial charge on any atom is -0.323 e. The summed E-state index contributed by atoms with van der Waals surface area (Å²) >= 11 is 6.29. The number of carbonyl (C=O) groups excluding carboxylic acids is 1. The van der Waals surface area contributed by atoms with E-state index in [1.807, 2.05) is 26.0 Å². The van der Waals surface area contributed by atoms with Crippen molar-refractivity contribution in [1.82, 2.24) is 9.80 Å². The van der Waals surface area contributed by atoms with E-state index < -0.39 is 0 Å². The first-order valence-corrected chi connectivity index (χ1v) is 9.85. The Hall–Kier alpha value is -1.88. The van der Waals surface area contributed by atoms with E-state index in [4.69, 9.17) is 11.6 Å². The van der Waals surface area contributed by atoms with Gasteiger partial charge in [-0.1, -0.05) is 47.5 Å². The lowest BCUT2D eigenvalue weighted by Crippen LogP contribution is -2.48. The average molecular weight is 386 g/mol. The number of amides is 1. The van der Waals surface area contributed by atoms with Crippen molar-refractivity contribution in [2.45, 2.75) is 27.3 Å². The molecule has 1 N–H and O–H groups in total. The second-order valence-electron chi connectivity index (χ2n) is 7.53. The zero-order chi connectivity index (χ0) is 19.4. The molecule has 0 atom stereocenters. The molecule has 1 aliphatic rings. The summed E-state index contributed by atoms with van der Waals surface area (Å²) in [6, 6.07) is 12.6. The van der Waals surface area contributed by atoms with Crippen LogP contribution in [0.15, 0.2) is 36.4 Å². The predicted molar refractivity (Wildman–Crippen MR) is 112 cm³/mol. The molecule has 3 rings (SSSR count). The Morgan fingerprint density at radius 3 is 2.37 bits per heavy atom. The number of halogens is 1. The molecule has 1 aliphatic heterocycles. The summed E-state index contributed by atoms with van der Waals surface area (Å²) in [7, 11) is 0. The van der Waals surface area contributed by atoms with Gasteiger partial charge in [-0.25, -0.2) is 0 Å². The summed E-state index contributed by atoms with van der Waals surface area (Å²) in [6.07, 6.45) is 0. The largest absolute Gasteiger partial charge is 0.323 e. The monoisotopic (exact) mass is 385 g/mol. The van der Waals surface area contributed by atoms with Crippen LogP contribution in [0.25, 0.3) is 0 Å². The molecule has 0 unspecified atom stereocenters. The summed E-state index contributed by atoms with van der Waals surface area (Å²) in [5.74, 6) is -0.00372. The zero-order valence-corrected chi connectivity index (χ0v) is 17.1. The van der Waals surface area contributed by atoms with Gasteiger partial charge in [0.1, 0.15) is 0 Å². The van der Waals surface area contributed by atoms with Crippen LogP contribution >= 0.6 is 11.6 Å². The second kappa shape index (κ2) is 8.87. The average Bonchev–Trinajstić information content (AvgIpc) is 2.60. The molecule has 0 aliphatic carbocycles. The maximum absolute atomic E-state index is 12.5. The number of carbonyl (C=O) groups is 1. The zero-order valence-electron chi connectivity index (χ0n) is 16.4. The molecule has 1 amide bonds. The standard InChI is InChI=1S/C22H28ClN3O/c1-16-5-4-6-19(12-16)14-25-7-9-26(10-8-25)15-21(27)24-22-18(3)11-17(2)13-20(22)23/h4-6,11-13H,7-10,14-15H2,1-3H3,(H,24,27). The van der Waals surface area contributed by atoms with Crippen LogP contribution in [0, 0.1) is 20.8 Å². The van der Waals surface area contributed by atoms with Crippen LogP contribution in [0.5, 0.6) is 0 Å². The fourth-order valence-electron chi connectivity index (χ4n) is 3.63. The molecule has 2 aromatic rings. The van der Waals surface area contributed by atoms with E-state index in [-0.39, 0.29) is 5.91 Å². The van der Waals surface area contributed by atoms with Gasteiger partial charge in [-0.2, -0.15) is 0 Å². The summed E-state index contributed by atoms with van der Waals surface area (Å²) < 4.78 is 0. The first-order chi connectivity index (χ1) is 12.9. The number of nitrogens with zero attached hydrogens (tertiary/aromatic N) is 2. The van der Waals surface area contributed by atoms with E-state index in [1.54, 1.807) is 0 Å². The quantitative estimate of drug-likeness (QED) is 0.844. The molecule has 0 radical (unpaired) electrons. The highest BCUT2D eigenvalue weighted by Gasteiger charge is 2.20. The Balaban J connectivity index is 1.48. The lowest BCUT2D eigenvalue weighted by atomic mass is 10.1. The van der Waals surface area contributed by atoms with Gasteiger partial charge in [0, 0.05) is 32.7 Å². The van der Waals surface area contributed by atoms with E-state index in [9.17, 15) is 4.79 Å². The summed E-state index contributed by atoms with van der Waals surface area (Å²) in [4.78, 5) is 17.1. The van der Waals surface area contributed by atoms with Gasteiger partial charge in [0.25, 0.3) is 0 Å². The lowest BCUT2D eigenvalue weighted by molar-refractivity contribution is -0.117. The smallest absolute Gasteiger partial charge is 0.238 e. The molecule has 27 heavy (non-hydrogen) atoms. The maximum atomic E-state index is 12.5. The molecule has 0 saturated carbocycles. The third kappa shape index (κ3) is 5.55. The van der Waals surface area contributed by atoms with Gasteiger partial charge < -0.3 is 5.32 Å². The van der Waals surface area contributed by atoms with Crippen LogP contribution in [-0.2, 0) is 11.3 Å². The number of nitrogens with one attached hydrogen (secondary N) is 1. The normalized spacial score (nSPS) is 15.7. The Labute approximate surface area is 167 Å². The van der Waals surface area contributed by atoms with Gasteiger partial charge in [0.2, 0.25) is 5.91 Å². The van der Waals surface area contributed by atoms with E-state index in [1.165, 1.54) is 11.1 Å². The van der Waals surface area contributed by atoms with Gasteiger partial charge >= 0.3 is 0 Å². The van der Waals surface area contributed by atoms with Crippen LogP contribution in [0.2, 0.25) is 5.02 Å². The minimum absolute atomic E-state index is 0.00372. The van der Waals surface area contributed by atoms with Gasteiger partial charge in [0.15, 0.2) is 0 Å². The third-order valence-electron chi connectivity index (χ3n) is 5.02. The van der Waals surface area contributed by atoms with Crippen LogP contribution in [0.1, 0.15) is 22.3 Å². The first-order valence-electron chi connectivity index (χ1n) is 9.47. The molecular weight excluding hydrogens is 358 g/mol. The van der Waals surface area contributed by atoms with Crippen molar-refractivity contribution in [1.29, 1.82) is 0 Å². The molecule has 1 saturated heterocycles. The Morgan fingerprint density at radius 2 is 1.70 bits per heavy atom. The van der Waals surface area contributed by atoms with Crippen molar-refractivity contribution in [2.75, 3.05) is 38.0 Å². The second-order valence-corrected chi connectivity index (χ2v) is 7.94. The molecule has 1 heterocycles. The Bertz CT molecular complexity index is 790. The Morgan fingerprint density at radius 1 is 1.00 bits per heavy atom. The molecule has 144 valence electrons. The Kier molecular flexibility index (Phi) is 6.53. The van der Waals surface area contributed by atoms with Gasteiger partial charge in [-0.15, -0.1) is 0 Å². The van der Waals surface area contributed by atoms with Crippen LogP contribution in [0.4, 0.5) is 5.69 Å². The van der Waals surface area contributed by atoms with Gasteiger partial charge in [0.05, 0.1) is 17.3 Å². The van der Waals surface area contributed by atoms with Crippen molar-refractivity contribution in [3.63, 3.8) is 0 Å². The highest BCUT2D eigenvalue weighted by Crippen LogP contribution is 2.27. The minimum atomic E-state index is -0.00372. The first kappa shape index (κ1) is 19.9. The number of hydrogen-bond donors (Lipinski definition) is 1. The number of benzene rings is 2. The molecule has 0 spiro atoms. The number of piperazine rings is 1. The molecule has 4 nitrogen and oxygen atoms in total. The summed E-state index contributed by atoms with van der Waals surface area (Å²) in [5, 5.41) is 3.58. The predicted octanol–water partition coefficient (Wildman–Crippen LogP) is 4.02. The van der Waals surface area contributed by atoms with Crippen molar-refractivity contribution < 1.29 is 4.79 Å². The highest BCUT2D eigenvalue weighted by atomic mass is 35.5. The fourth-order valence-corrected chi connectivity index (χ4v) is 4.00. The molecule has 0 aromatic heterocycles. The molecule has 0 bridgehead atoms. The summed E-state index contributed by atoms with van der Waals surface area (Å²) in [5.41, 5.74) is 5.47. The van der Waals surface area contributed by atoms with E-state index >= 15 is 0 Å². The topological polar surface area (TPSA) is 35.6 Å². The number of rotatable bonds is 5. The van der Waals surface area contributed by atoms with Crippen molar-refractivity contribution >= 4 is 23.2 Å². The van der Waals surface area contributed by atoms with Crippen LogP contribution < -0.4 is 5.32 Å². The van der Waals surface area contributed by atoms with Gasteiger partial charge in [-0.3, -0.25) is 14.6 Å². The maximum Gasteiger partial charge on any atom is 0.238 e. The molecular formula is C22H28ClN3O. The van der Waals surface area contributed by atoms with E-state index in [2.05, 4.69) is 46.3 Å². The number of aryl methyl sites for hydroxylation is 3. The van der Waals surface area contributed by atoms with Gasteiger partial charge in [-0.05, 0) is 43.5 Å². The van der Waals surface area contributed by atoms with E-state index in [0.717, 1.165) is 49.5 Å². The molecule has 5 heteroatoms. The number of hydrogen-bond acceptors (Lipinski definition) is 3. The molecule has 2 aromatic carbocycles. The van der Waals surface area contributed by atoms with Crippen LogP contribution in [-0.4, -0.2) is 48.4 Å². The van der Waals surface area contributed by atoms with Crippen LogP contribution in [0.3, 0.4) is 0 Å².